The third-order valence-electron chi connectivity index (χ3n) is 2.01. The topological polar surface area (TPSA) is 35.2 Å². The first-order valence-corrected chi connectivity index (χ1v) is 4.87. The summed E-state index contributed by atoms with van der Waals surface area (Å²) in [4.78, 5) is 0. The second-order valence-corrected chi connectivity index (χ2v) is 3.54. The molecule has 4 heteroatoms. The zero-order valence-corrected chi connectivity index (χ0v) is 8.62. The number of alkyl halides is 2. The van der Waals surface area contributed by atoms with Crippen molar-refractivity contribution < 1.29 is 13.5 Å². The molecule has 1 unspecified atom stereocenters. The van der Waals surface area contributed by atoms with E-state index >= 15 is 0 Å². The van der Waals surface area contributed by atoms with E-state index in [-0.39, 0.29) is 11.8 Å². The number of ether oxygens (including phenoxy) is 1. The second kappa shape index (κ2) is 5.66. The molecule has 1 rings (SSSR count). The van der Waals surface area contributed by atoms with Crippen molar-refractivity contribution in [2.24, 2.45) is 5.73 Å². The summed E-state index contributed by atoms with van der Waals surface area (Å²) >= 11 is 0. The quantitative estimate of drug-likeness (QED) is 0.819. The lowest BCUT2D eigenvalue weighted by atomic mass is 10.1. The molecule has 0 fully saturated rings. The summed E-state index contributed by atoms with van der Waals surface area (Å²) in [5, 5.41) is 0. The van der Waals surface area contributed by atoms with Crippen LogP contribution in [0, 0.1) is 0 Å². The number of benzene rings is 1. The summed E-state index contributed by atoms with van der Waals surface area (Å²) in [7, 11) is 0. The minimum atomic E-state index is -2.77. The number of halogens is 2. The largest absolute Gasteiger partial charge is 0.435 e. The van der Waals surface area contributed by atoms with Gasteiger partial charge in [-0.05, 0) is 37.5 Å². The van der Waals surface area contributed by atoms with Crippen molar-refractivity contribution in [2.75, 3.05) is 0 Å². The Labute approximate surface area is 88.0 Å². The Morgan fingerprint density at radius 1 is 1.40 bits per heavy atom. The van der Waals surface area contributed by atoms with Gasteiger partial charge in [-0.1, -0.05) is 12.1 Å². The van der Waals surface area contributed by atoms with Crippen LogP contribution in [0.15, 0.2) is 24.3 Å². The number of hydrogen-bond acceptors (Lipinski definition) is 2. The molecule has 0 aromatic heterocycles. The zero-order chi connectivity index (χ0) is 11.3. The van der Waals surface area contributed by atoms with Crippen LogP contribution in [-0.2, 0) is 6.42 Å². The molecule has 0 aliphatic heterocycles. The highest BCUT2D eigenvalue weighted by Gasteiger charge is 2.04. The molecule has 0 saturated carbocycles. The van der Waals surface area contributed by atoms with Gasteiger partial charge in [0.2, 0.25) is 0 Å². The van der Waals surface area contributed by atoms with Crippen LogP contribution >= 0.6 is 0 Å². The molecule has 0 heterocycles. The van der Waals surface area contributed by atoms with Crippen molar-refractivity contribution in [3.05, 3.63) is 29.8 Å². The van der Waals surface area contributed by atoms with Crippen molar-refractivity contribution in [3.8, 4) is 5.75 Å². The van der Waals surface area contributed by atoms with Crippen LogP contribution in [0.25, 0.3) is 0 Å². The highest BCUT2D eigenvalue weighted by atomic mass is 19.3. The van der Waals surface area contributed by atoms with E-state index in [1.165, 1.54) is 6.07 Å². The molecule has 84 valence electrons. The summed E-state index contributed by atoms with van der Waals surface area (Å²) in [5.41, 5.74) is 6.57. The fourth-order valence-corrected chi connectivity index (χ4v) is 1.27. The SMILES string of the molecule is CC(N)CCc1cccc(OC(F)F)c1. The van der Waals surface area contributed by atoms with E-state index in [2.05, 4.69) is 4.74 Å². The molecule has 0 saturated heterocycles. The second-order valence-electron chi connectivity index (χ2n) is 3.54. The van der Waals surface area contributed by atoms with E-state index in [1.54, 1.807) is 12.1 Å². The van der Waals surface area contributed by atoms with Gasteiger partial charge in [0, 0.05) is 6.04 Å². The van der Waals surface area contributed by atoms with E-state index in [0.29, 0.717) is 0 Å². The maximum absolute atomic E-state index is 11.9. The normalized spacial score (nSPS) is 12.9. The number of aryl methyl sites for hydroxylation is 1. The Hall–Kier alpha value is -1.16. The Bertz CT molecular complexity index is 302. The Morgan fingerprint density at radius 2 is 2.13 bits per heavy atom. The van der Waals surface area contributed by atoms with E-state index in [4.69, 9.17) is 5.73 Å². The fourth-order valence-electron chi connectivity index (χ4n) is 1.27. The third-order valence-corrected chi connectivity index (χ3v) is 2.01. The molecule has 2 nitrogen and oxygen atoms in total. The molecule has 0 aliphatic carbocycles. The minimum Gasteiger partial charge on any atom is -0.435 e. The number of rotatable bonds is 5. The van der Waals surface area contributed by atoms with Gasteiger partial charge in [-0.2, -0.15) is 8.78 Å². The first-order chi connectivity index (χ1) is 7.08. The van der Waals surface area contributed by atoms with E-state index < -0.39 is 6.61 Å². The molecular formula is C11H15F2NO. The monoisotopic (exact) mass is 215 g/mol. The summed E-state index contributed by atoms with van der Waals surface area (Å²) in [5.74, 6) is 0.201. The molecule has 1 aromatic rings. The van der Waals surface area contributed by atoms with Crippen molar-refractivity contribution in [2.45, 2.75) is 32.4 Å². The number of nitrogens with two attached hydrogens (primary N) is 1. The van der Waals surface area contributed by atoms with Crippen molar-refractivity contribution in [1.29, 1.82) is 0 Å². The van der Waals surface area contributed by atoms with Crippen molar-refractivity contribution in [3.63, 3.8) is 0 Å². The molecule has 1 atom stereocenters. The van der Waals surface area contributed by atoms with E-state index in [0.717, 1.165) is 18.4 Å². The molecular weight excluding hydrogens is 200 g/mol. The molecule has 0 aliphatic rings. The van der Waals surface area contributed by atoms with Gasteiger partial charge >= 0.3 is 6.61 Å². The van der Waals surface area contributed by atoms with Crippen LogP contribution in [-0.4, -0.2) is 12.7 Å². The molecule has 0 radical (unpaired) electrons. The standard InChI is InChI=1S/C11H15F2NO/c1-8(14)5-6-9-3-2-4-10(7-9)15-11(12)13/h2-4,7-8,11H,5-6,14H2,1H3. The van der Waals surface area contributed by atoms with Crippen LogP contribution in [0.5, 0.6) is 5.75 Å². The summed E-state index contributed by atoms with van der Waals surface area (Å²) in [6.07, 6.45) is 1.61. The first-order valence-electron chi connectivity index (χ1n) is 4.87. The lowest BCUT2D eigenvalue weighted by molar-refractivity contribution is -0.0498. The van der Waals surface area contributed by atoms with Gasteiger partial charge < -0.3 is 10.5 Å². The van der Waals surface area contributed by atoms with E-state index in [1.807, 2.05) is 13.0 Å². The van der Waals surface area contributed by atoms with Gasteiger partial charge in [0.05, 0.1) is 0 Å². The average molecular weight is 215 g/mol. The van der Waals surface area contributed by atoms with Gasteiger partial charge in [0.1, 0.15) is 5.75 Å². The van der Waals surface area contributed by atoms with Crippen LogP contribution in [0.3, 0.4) is 0 Å². The predicted molar refractivity (Wildman–Crippen MR) is 55.0 cm³/mol. The van der Waals surface area contributed by atoms with E-state index in [9.17, 15) is 8.78 Å². The van der Waals surface area contributed by atoms with Crippen LogP contribution in [0.4, 0.5) is 8.78 Å². The Kier molecular flexibility index (Phi) is 4.49. The van der Waals surface area contributed by atoms with Crippen molar-refractivity contribution >= 4 is 0 Å². The maximum Gasteiger partial charge on any atom is 0.387 e. The molecule has 2 N–H and O–H groups in total. The van der Waals surface area contributed by atoms with Gasteiger partial charge in [0.25, 0.3) is 0 Å². The van der Waals surface area contributed by atoms with Crippen molar-refractivity contribution in [1.82, 2.24) is 0 Å². The Morgan fingerprint density at radius 3 is 2.73 bits per heavy atom. The lowest BCUT2D eigenvalue weighted by Gasteiger charge is -2.08. The fraction of sp³-hybridized carbons (Fsp3) is 0.455. The van der Waals surface area contributed by atoms with Crippen LogP contribution in [0.1, 0.15) is 18.9 Å². The highest BCUT2D eigenvalue weighted by molar-refractivity contribution is 5.28. The minimum absolute atomic E-state index is 0.115. The van der Waals surface area contributed by atoms with Gasteiger partial charge in [-0.25, -0.2) is 0 Å². The zero-order valence-electron chi connectivity index (χ0n) is 8.62. The molecule has 0 spiro atoms. The predicted octanol–water partition coefficient (Wildman–Crippen LogP) is 2.57. The van der Waals surface area contributed by atoms with Crippen LogP contribution in [0.2, 0.25) is 0 Å². The van der Waals surface area contributed by atoms with Crippen LogP contribution < -0.4 is 10.5 Å². The summed E-state index contributed by atoms with van der Waals surface area (Å²) < 4.78 is 28.1. The highest BCUT2D eigenvalue weighted by Crippen LogP contribution is 2.17. The average Bonchev–Trinajstić information content (AvgIpc) is 2.14. The lowest BCUT2D eigenvalue weighted by Crippen LogP contribution is -2.15. The number of hydrogen-bond donors (Lipinski definition) is 1. The molecule has 1 aromatic carbocycles. The summed E-state index contributed by atoms with van der Waals surface area (Å²) in [6.45, 7) is -0.854. The smallest absolute Gasteiger partial charge is 0.387 e. The summed E-state index contributed by atoms with van der Waals surface area (Å²) in [6, 6.07) is 6.83. The molecule has 0 bridgehead atoms. The maximum atomic E-state index is 11.9. The molecule has 0 amide bonds. The van der Waals surface area contributed by atoms with Gasteiger partial charge in [0.15, 0.2) is 0 Å². The van der Waals surface area contributed by atoms with Gasteiger partial charge in [-0.15, -0.1) is 0 Å². The first kappa shape index (κ1) is 11.9. The van der Waals surface area contributed by atoms with Gasteiger partial charge in [-0.3, -0.25) is 0 Å². The molecule has 15 heavy (non-hydrogen) atoms. The Balaban J connectivity index is 2.57. The third kappa shape index (κ3) is 4.74.